The molecule has 2 fully saturated rings. The third-order valence-electron chi connectivity index (χ3n) is 3.27. The van der Waals surface area contributed by atoms with Crippen molar-refractivity contribution < 1.29 is 9.53 Å². The first-order chi connectivity index (χ1) is 6.87. The molecule has 1 saturated carbocycles. The van der Waals surface area contributed by atoms with Gasteiger partial charge in [0, 0.05) is 19.1 Å². The van der Waals surface area contributed by atoms with Crippen molar-refractivity contribution in [2.45, 2.75) is 38.8 Å². The molecule has 1 heterocycles. The number of nitrogens with two attached hydrogens (primary N) is 1. The number of nitrogens with zero attached hydrogens (tertiary/aromatic N) is 1. The van der Waals surface area contributed by atoms with Crippen molar-refractivity contribution in [3.05, 3.63) is 0 Å². The van der Waals surface area contributed by atoms with E-state index in [4.69, 9.17) is 10.5 Å². The van der Waals surface area contributed by atoms with E-state index in [1.54, 1.807) is 4.90 Å². The summed E-state index contributed by atoms with van der Waals surface area (Å²) in [6, 6.07) is 0.294. The molecule has 2 N–H and O–H groups in total. The quantitative estimate of drug-likeness (QED) is 0.656. The normalized spacial score (nSPS) is 34.7. The number of fused-ring (bicyclic) bond motifs is 1. The fourth-order valence-electron chi connectivity index (χ4n) is 2.43. The Bertz CT molecular complexity index is 272. The number of rotatable bonds is 0. The van der Waals surface area contributed by atoms with Gasteiger partial charge in [-0.05, 0) is 39.0 Å². The average Bonchev–Trinajstić information content (AvgIpc) is 2.39. The van der Waals surface area contributed by atoms with E-state index >= 15 is 0 Å². The van der Waals surface area contributed by atoms with Crippen molar-refractivity contribution in [1.82, 2.24) is 4.90 Å². The SMILES string of the molecule is CC(C)(C)OC(=O)N1C[C@@H]2C[C@@H](N)[C@H]2C1. The van der Waals surface area contributed by atoms with Gasteiger partial charge in [-0.3, -0.25) is 0 Å². The second kappa shape index (κ2) is 3.37. The molecule has 0 spiro atoms. The number of likely N-dealkylation sites (tertiary alicyclic amines) is 1. The molecule has 0 aromatic carbocycles. The van der Waals surface area contributed by atoms with Gasteiger partial charge in [0.25, 0.3) is 0 Å². The van der Waals surface area contributed by atoms with E-state index in [1.807, 2.05) is 20.8 Å². The lowest BCUT2D eigenvalue weighted by Crippen LogP contribution is -2.46. The van der Waals surface area contributed by atoms with Gasteiger partial charge in [-0.2, -0.15) is 0 Å². The Hall–Kier alpha value is -0.770. The minimum atomic E-state index is -0.402. The molecule has 2 rings (SSSR count). The third-order valence-corrected chi connectivity index (χ3v) is 3.27. The van der Waals surface area contributed by atoms with Crippen LogP contribution in [0, 0.1) is 11.8 Å². The molecule has 3 atom stereocenters. The monoisotopic (exact) mass is 212 g/mol. The minimum absolute atomic E-state index is 0.191. The fourth-order valence-corrected chi connectivity index (χ4v) is 2.43. The van der Waals surface area contributed by atoms with Gasteiger partial charge in [-0.25, -0.2) is 4.79 Å². The molecule has 1 aliphatic carbocycles. The Labute approximate surface area is 90.8 Å². The summed E-state index contributed by atoms with van der Waals surface area (Å²) in [6.45, 7) is 7.28. The number of carbonyl (C=O) groups excluding carboxylic acids is 1. The number of ether oxygens (including phenoxy) is 1. The van der Waals surface area contributed by atoms with Crippen molar-refractivity contribution in [3.8, 4) is 0 Å². The summed E-state index contributed by atoms with van der Waals surface area (Å²) < 4.78 is 5.33. The molecule has 4 nitrogen and oxygen atoms in total. The second-order valence-corrected chi connectivity index (χ2v) is 5.71. The van der Waals surface area contributed by atoms with E-state index in [9.17, 15) is 4.79 Å². The maximum atomic E-state index is 11.7. The standard InChI is InChI=1S/C11H20N2O2/c1-11(2,3)15-10(14)13-5-7-4-9(12)8(7)6-13/h7-9H,4-6,12H2,1-3H3/t7-,8-,9+/m0/s1. The zero-order valence-electron chi connectivity index (χ0n) is 9.69. The number of hydrogen-bond donors (Lipinski definition) is 1. The molecule has 1 aliphatic heterocycles. The second-order valence-electron chi connectivity index (χ2n) is 5.71. The molecule has 0 bridgehead atoms. The van der Waals surface area contributed by atoms with E-state index in [0.717, 1.165) is 19.5 Å². The Morgan fingerprint density at radius 2 is 2.07 bits per heavy atom. The number of carbonyl (C=O) groups is 1. The van der Waals surface area contributed by atoms with Crippen LogP contribution in [-0.2, 0) is 4.74 Å². The van der Waals surface area contributed by atoms with Gasteiger partial charge in [0.05, 0.1) is 0 Å². The van der Waals surface area contributed by atoms with Crippen LogP contribution in [0.3, 0.4) is 0 Å². The van der Waals surface area contributed by atoms with Crippen LogP contribution in [0.1, 0.15) is 27.2 Å². The highest BCUT2D eigenvalue weighted by Crippen LogP contribution is 2.39. The summed E-state index contributed by atoms with van der Waals surface area (Å²) >= 11 is 0. The van der Waals surface area contributed by atoms with Crippen LogP contribution in [0.25, 0.3) is 0 Å². The Kier molecular flexibility index (Phi) is 2.41. The maximum absolute atomic E-state index is 11.7. The van der Waals surface area contributed by atoms with E-state index < -0.39 is 5.60 Å². The number of amides is 1. The van der Waals surface area contributed by atoms with Gasteiger partial charge in [0.15, 0.2) is 0 Å². The summed E-state index contributed by atoms with van der Waals surface area (Å²) in [7, 11) is 0. The van der Waals surface area contributed by atoms with Crippen LogP contribution in [-0.4, -0.2) is 35.7 Å². The zero-order valence-corrected chi connectivity index (χ0v) is 9.69. The predicted octanol–water partition coefficient (Wildman–Crippen LogP) is 1.20. The first-order valence-corrected chi connectivity index (χ1v) is 5.60. The molecule has 0 aromatic rings. The summed E-state index contributed by atoms with van der Waals surface area (Å²) in [5, 5.41) is 0. The highest BCUT2D eigenvalue weighted by atomic mass is 16.6. The van der Waals surface area contributed by atoms with E-state index in [2.05, 4.69) is 0 Å². The molecule has 0 aromatic heterocycles. The van der Waals surface area contributed by atoms with Gasteiger partial charge in [-0.15, -0.1) is 0 Å². The Morgan fingerprint density at radius 1 is 1.40 bits per heavy atom. The molecule has 0 radical (unpaired) electrons. The summed E-state index contributed by atoms with van der Waals surface area (Å²) in [5.74, 6) is 1.13. The molecule has 1 amide bonds. The van der Waals surface area contributed by atoms with Gasteiger partial charge in [-0.1, -0.05) is 0 Å². The molecule has 0 unspecified atom stereocenters. The third kappa shape index (κ3) is 2.09. The minimum Gasteiger partial charge on any atom is -0.444 e. The van der Waals surface area contributed by atoms with E-state index in [1.165, 1.54) is 0 Å². The highest BCUT2D eigenvalue weighted by Gasteiger charge is 2.47. The Morgan fingerprint density at radius 3 is 2.53 bits per heavy atom. The molecule has 2 aliphatic rings. The van der Waals surface area contributed by atoms with Crippen LogP contribution in [0.15, 0.2) is 0 Å². The molecule has 4 heteroatoms. The highest BCUT2D eigenvalue weighted by molar-refractivity contribution is 5.68. The van der Waals surface area contributed by atoms with Crippen molar-refractivity contribution >= 4 is 6.09 Å². The zero-order chi connectivity index (χ0) is 11.2. The predicted molar refractivity (Wildman–Crippen MR) is 57.4 cm³/mol. The van der Waals surface area contributed by atoms with E-state index in [0.29, 0.717) is 17.9 Å². The van der Waals surface area contributed by atoms with Crippen LogP contribution in [0.5, 0.6) is 0 Å². The first kappa shape index (κ1) is 10.7. The van der Waals surface area contributed by atoms with Crippen molar-refractivity contribution in [1.29, 1.82) is 0 Å². The van der Waals surface area contributed by atoms with Crippen LogP contribution >= 0.6 is 0 Å². The fraction of sp³-hybridized carbons (Fsp3) is 0.909. The van der Waals surface area contributed by atoms with Crippen LogP contribution in [0.4, 0.5) is 4.79 Å². The smallest absolute Gasteiger partial charge is 0.410 e. The van der Waals surface area contributed by atoms with Crippen LogP contribution < -0.4 is 5.73 Å². The molecule has 15 heavy (non-hydrogen) atoms. The number of hydrogen-bond acceptors (Lipinski definition) is 3. The maximum Gasteiger partial charge on any atom is 0.410 e. The Balaban J connectivity index is 1.88. The summed E-state index contributed by atoms with van der Waals surface area (Å²) in [5.41, 5.74) is 5.47. The molecular formula is C11H20N2O2. The van der Waals surface area contributed by atoms with Gasteiger partial charge >= 0.3 is 6.09 Å². The van der Waals surface area contributed by atoms with Crippen LogP contribution in [0.2, 0.25) is 0 Å². The lowest BCUT2D eigenvalue weighted by molar-refractivity contribution is 0.0288. The largest absolute Gasteiger partial charge is 0.444 e. The lowest BCUT2D eigenvalue weighted by Gasteiger charge is -2.35. The van der Waals surface area contributed by atoms with Gasteiger partial charge in [0.1, 0.15) is 5.60 Å². The van der Waals surface area contributed by atoms with Gasteiger partial charge < -0.3 is 15.4 Å². The lowest BCUT2D eigenvalue weighted by atomic mass is 9.72. The molecule has 86 valence electrons. The summed E-state index contributed by atoms with van der Waals surface area (Å²) in [4.78, 5) is 13.5. The van der Waals surface area contributed by atoms with Crippen molar-refractivity contribution in [3.63, 3.8) is 0 Å². The van der Waals surface area contributed by atoms with E-state index in [-0.39, 0.29) is 6.09 Å². The van der Waals surface area contributed by atoms with Gasteiger partial charge in [0.2, 0.25) is 0 Å². The van der Waals surface area contributed by atoms with Crippen molar-refractivity contribution in [2.24, 2.45) is 17.6 Å². The molecule has 1 saturated heterocycles. The molecular weight excluding hydrogens is 192 g/mol. The van der Waals surface area contributed by atoms with Crippen molar-refractivity contribution in [2.75, 3.05) is 13.1 Å². The topological polar surface area (TPSA) is 55.6 Å². The summed E-state index contributed by atoms with van der Waals surface area (Å²) in [6.07, 6.45) is 0.869. The first-order valence-electron chi connectivity index (χ1n) is 5.60. The average molecular weight is 212 g/mol.